The Morgan fingerprint density at radius 3 is 2.52 bits per heavy atom. The molecular weight excluding hydrogens is 324 g/mol. The summed E-state index contributed by atoms with van der Waals surface area (Å²) in [5, 5.41) is 7.40. The lowest BCUT2D eigenvalue weighted by atomic mass is 9.95. The highest BCUT2D eigenvalue weighted by atomic mass is 19.1. The van der Waals surface area contributed by atoms with Gasteiger partial charge >= 0.3 is 0 Å². The van der Waals surface area contributed by atoms with Crippen molar-refractivity contribution in [2.45, 2.75) is 19.3 Å². The monoisotopic (exact) mass is 339 g/mol. The molecule has 0 spiro atoms. The third-order valence-corrected chi connectivity index (χ3v) is 4.28. The van der Waals surface area contributed by atoms with Crippen molar-refractivity contribution in [1.29, 1.82) is 0 Å². The van der Waals surface area contributed by atoms with E-state index in [2.05, 4.69) is 10.4 Å². The molecule has 1 aliphatic carbocycles. The molecule has 0 radical (unpaired) electrons. The second-order valence-corrected chi connectivity index (χ2v) is 5.94. The predicted octanol–water partition coefficient (Wildman–Crippen LogP) is 4.41. The first-order chi connectivity index (χ1) is 12.1. The lowest BCUT2D eigenvalue weighted by Crippen LogP contribution is -2.13. The topological polar surface area (TPSA) is 46.9 Å². The van der Waals surface area contributed by atoms with Gasteiger partial charge in [-0.3, -0.25) is 4.79 Å². The van der Waals surface area contributed by atoms with E-state index in [4.69, 9.17) is 0 Å². The molecule has 0 bridgehead atoms. The second kappa shape index (κ2) is 6.12. The molecule has 0 saturated heterocycles. The van der Waals surface area contributed by atoms with Crippen LogP contribution in [0.3, 0.4) is 0 Å². The Hall–Kier alpha value is -3.02. The smallest absolute Gasteiger partial charge is 0.168 e. The number of nitrogens with zero attached hydrogens (tertiary/aromatic N) is 2. The Kier molecular flexibility index (Phi) is 3.80. The minimum atomic E-state index is -0.421. The summed E-state index contributed by atoms with van der Waals surface area (Å²) in [7, 11) is 0. The van der Waals surface area contributed by atoms with Gasteiger partial charge in [0, 0.05) is 6.42 Å². The Bertz CT molecular complexity index is 948. The number of fused-ring (bicyclic) bond motifs is 1. The van der Waals surface area contributed by atoms with E-state index in [1.807, 2.05) is 0 Å². The zero-order valence-corrected chi connectivity index (χ0v) is 13.3. The van der Waals surface area contributed by atoms with E-state index in [1.54, 1.807) is 35.0 Å². The number of rotatable bonds is 3. The maximum Gasteiger partial charge on any atom is 0.168 e. The summed E-state index contributed by atoms with van der Waals surface area (Å²) in [6.07, 6.45) is 1.86. The van der Waals surface area contributed by atoms with Gasteiger partial charge in [0.15, 0.2) is 11.6 Å². The zero-order chi connectivity index (χ0) is 17.4. The van der Waals surface area contributed by atoms with Crippen LogP contribution in [0.2, 0.25) is 0 Å². The summed E-state index contributed by atoms with van der Waals surface area (Å²) in [4.78, 5) is 12.4. The fourth-order valence-corrected chi connectivity index (χ4v) is 3.09. The molecule has 0 amide bonds. The molecule has 0 atom stereocenters. The van der Waals surface area contributed by atoms with Crippen LogP contribution in [-0.2, 0) is 6.42 Å². The number of hydrogen-bond acceptors (Lipinski definition) is 3. The molecule has 0 fully saturated rings. The Balaban J connectivity index is 1.83. The largest absolute Gasteiger partial charge is 0.336 e. The van der Waals surface area contributed by atoms with Gasteiger partial charge in [0.2, 0.25) is 0 Å². The highest BCUT2D eigenvalue weighted by Gasteiger charge is 2.28. The molecule has 0 aliphatic heterocycles. The van der Waals surface area contributed by atoms with Crippen LogP contribution >= 0.6 is 0 Å². The number of nitrogens with one attached hydrogen (secondary N) is 1. The summed E-state index contributed by atoms with van der Waals surface area (Å²) < 4.78 is 28.8. The minimum Gasteiger partial charge on any atom is -0.336 e. The van der Waals surface area contributed by atoms with Crippen LogP contribution in [0.4, 0.5) is 20.3 Å². The average Bonchev–Trinajstić information content (AvgIpc) is 2.98. The molecule has 1 aliphatic rings. The summed E-state index contributed by atoms with van der Waals surface area (Å²) in [6, 6.07) is 12.1. The van der Waals surface area contributed by atoms with Crippen molar-refractivity contribution in [3.8, 4) is 5.69 Å². The highest BCUT2D eigenvalue weighted by Crippen LogP contribution is 2.32. The van der Waals surface area contributed by atoms with Crippen molar-refractivity contribution in [1.82, 2.24) is 9.78 Å². The number of para-hydroxylation sites is 1. The number of carbonyl (C=O) groups is 1. The lowest BCUT2D eigenvalue weighted by Gasteiger charge is -2.13. The molecule has 4 nitrogen and oxygen atoms in total. The van der Waals surface area contributed by atoms with Gasteiger partial charge in [-0.15, -0.1) is 5.10 Å². The number of benzene rings is 2. The third kappa shape index (κ3) is 2.80. The normalized spacial score (nSPS) is 13.6. The fourth-order valence-electron chi connectivity index (χ4n) is 3.09. The molecule has 3 aromatic rings. The van der Waals surface area contributed by atoms with Crippen molar-refractivity contribution < 1.29 is 13.6 Å². The van der Waals surface area contributed by atoms with Crippen molar-refractivity contribution in [3.63, 3.8) is 0 Å². The predicted molar refractivity (Wildman–Crippen MR) is 90.5 cm³/mol. The van der Waals surface area contributed by atoms with Crippen molar-refractivity contribution in [2.24, 2.45) is 0 Å². The number of Topliss-reactive ketones (excluding diaryl/α,β-unsaturated/α-hetero) is 1. The van der Waals surface area contributed by atoms with Gasteiger partial charge in [-0.05, 0) is 49.2 Å². The SMILES string of the molecule is O=C1CCCc2c1c(Nc1ccccc1F)nn2-c1ccc(F)cc1. The standard InChI is InChI=1S/C19H15F2N3O/c20-12-8-10-13(11-9-12)24-16-6-3-7-17(25)18(16)19(23-24)22-15-5-2-1-4-14(15)21/h1-2,4-5,8-11H,3,6-7H2,(H,22,23). The van der Waals surface area contributed by atoms with Gasteiger partial charge in [-0.25, -0.2) is 13.5 Å². The number of carbonyl (C=O) groups excluding carboxylic acids is 1. The number of ketones is 1. The van der Waals surface area contributed by atoms with Gasteiger partial charge in [0.25, 0.3) is 0 Å². The summed E-state index contributed by atoms with van der Waals surface area (Å²) in [5.74, 6) is -0.455. The second-order valence-electron chi connectivity index (χ2n) is 5.94. The first-order valence-corrected chi connectivity index (χ1v) is 8.06. The van der Waals surface area contributed by atoms with Crippen LogP contribution in [0, 0.1) is 11.6 Å². The maximum absolute atomic E-state index is 14.0. The van der Waals surface area contributed by atoms with Gasteiger partial charge in [0.05, 0.1) is 22.6 Å². The first kappa shape index (κ1) is 15.5. The molecule has 0 unspecified atom stereocenters. The fraction of sp³-hybridized carbons (Fsp3) is 0.158. The summed E-state index contributed by atoms with van der Waals surface area (Å²) in [5.41, 5.74) is 2.17. The van der Waals surface area contributed by atoms with Crippen LogP contribution in [0.5, 0.6) is 0 Å². The molecule has 1 aromatic heterocycles. The number of halogens is 2. The molecule has 4 rings (SSSR count). The Morgan fingerprint density at radius 2 is 1.76 bits per heavy atom. The molecule has 6 heteroatoms. The summed E-state index contributed by atoms with van der Waals surface area (Å²) in [6.45, 7) is 0. The van der Waals surface area contributed by atoms with Crippen molar-refractivity contribution in [2.75, 3.05) is 5.32 Å². The van der Waals surface area contributed by atoms with E-state index < -0.39 is 5.82 Å². The Morgan fingerprint density at radius 1 is 1.00 bits per heavy atom. The van der Waals surface area contributed by atoms with Gasteiger partial charge < -0.3 is 5.32 Å². The van der Waals surface area contributed by atoms with Crippen LogP contribution in [0.15, 0.2) is 48.5 Å². The first-order valence-electron chi connectivity index (χ1n) is 8.06. The van der Waals surface area contributed by atoms with Crippen LogP contribution in [0.1, 0.15) is 28.9 Å². The van der Waals surface area contributed by atoms with Crippen LogP contribution < -0.4 is 5.32 Å². The molecular formula is C19H15F2N3O. The van der Waals surface area contributed by atoms with Crippen LogP contribution in [0.25, 0.3) is 5.69 Å². The highest BCUT2D eigenvalue weighted by molar-refractivity contribution is 6.03. The van der Waals surface area contributed by atoms with Gasteiger partial charge in [-0.1, -0.05) is 12.1 Å². The minimum absolute atomic E-state index is 0.0200. The van der Waals surface area contributed by atoms with E-state index >= 15 is 0 Å². The van der Waals surface area contributed by atoms with Crippen molar-refractivity contribution >= 4 is 17.3 Å². The number of anilines is 2. The van der Waals surface area contributed by atoms with E-state index in [-0.39, 0.29) is 17.3 Å². The van der Waals surface area contributed by atoms with Crippen molar-refractivity contribution in [3.05, 3.63) is 71.4 Å². The number of hydrogen-bond donors (Lipinski definition) is 1. The molecule has 1 N–H and O–H groups in total. The molecule has 25 heavy (non-hydrogen) atoms. The molecule has 0 saturated carbocycles. The van der Waals surface area contributed by atoms with E-state index in [0.717, 1.165) is 12.1 Å². The zero-order valence-electron chi connectivity index (χ0n) is 13.3. The molecule has 2 aromatic carbocycles. The average molecular weight is 339 g/mol. The van der Waals surface area contributed by atoms with Gasteiger partial charge in [-0.2, -0.15) is 0 Å². The molecule has 1 heterocycles. The van der Waals surface area contributed by atoms with Gasteiger partial charge in [0.1, 0.15) is 11.6 Å². The Labute approximate surface area is 143 Å². The van der Waals surface area contributed by atoms with E-state index in [1.165, 1.54) is 18.2 Å². The molecule has 126 valence electrons. The quantitative estimate of drug-likeness (QED) is 0.769. The van der Waals surface area contributed by atoms with E-state index in [9.17, 15) is 13.6 Å². The maximum atomic E-state index is 14.0. The third-order valence-electron chi connectivity index (χ3n) is 4.28. The van der Waals surface area contributed by atoms with Crippen LogP contribution in [-0.4, -0.2) is 15.6 Å². The number of aromatic nitrogens is 2. The lowest BCUT2D eigenvalue weighted by molar-refractivity contribution is 0.0973. The van der Waals surface area contributed by atoms with E-state index in [0.29, 0.717) is 29.9 Å². The summed E-state index contributed by atoms with van der Waals surface area (Å²) >= 11 is 0.